The molecular weight excluding hydrogens is 420 g/mol. The number of nitro groups is 1. The van der Waals surface area contributed by atoms with E-state index in [1.54, 1.807) is 4.90 Å². The van der Waals surface area contributed by atoms with Crippen LogP contribution in [0.15, 0.2) is 72.3 Å². The average Bonchev–Trinajstić information content (AvgIpc) is 3.11. The molecule has 2 aromatic rings. The summed E-state index contributed by atoms with van der Waals surface area (Å²) < 4.78 is 5.57. The van der Waals surface area contributed by atoms with Crippen LogP contribution in [0.1, 0.15) is 26.2 Å². The van der Waals surface area contributed by atoms with Gasteiger partial charge in [-0.15, -0.1) is 0 Å². The number of carbonyl (C=O) groups excluding carboxylic acids is 2. The molecule has 2 fully saturated rings. The second kappa shape index (κ2) is 8.46. The highest BCUT2D eigenvalue weighted by molar-refractivity contribution is 6.03. The van der Waals surface area contributed by atoms with Crippen LogP contribution in [0.4, 0.5) is 11.4 Å². The molecule has 5 rings (SSSR count). The van der Waals surface area contributed by atoms with Crippen molar-refractivity contribution >= 4 is 23.3 Å². The Kier molecular flexibility index (Phi) is 5.48. The van der Waals surface area contributed by atoms with E-state index < -0.39 is 24.0 Å². The Bertz CT molecular complexity index is 1060. The first-order valence-corrected chi connectivity index (χ1v) is 11.4. The van der Waals surface area contributed by atoms with E-state index in [4.69, 9.17) is 4.74 Å². The van der Waals surface area contributed by atoms with Crippen LogP contribution < -0.4 is 4.90 Å². The van der Waals surface area contributed by atoms with Gasteiger partial charge in [0, 0.05) is 35.1 Å². The lowest BCUT2D eigenvalue weighted by Gasteiger charge is -2.43. The molecule has 1 amide bonds. The number of rotatable bonds is 4. The Balaban J connectivity index is 1.59. The van der Waals surface area contributed by atoms with Crippen LogP contribution in [0.3, 0.4) is 0 Å². The Morgan fingerprint density at radius 2 is 1.64 bits per heavy atom. The lowest BCUT2D eigenvalue weighted by atomic mass is 9.61. The lowest BCUT2D eigenvalue weighted by Crippen LogP contribution is -2.48. The topological polar surface area (TPSA) is 89.7 Å². The maximum absolute atomic E-state index is 14.4. The number of hydrogen-bond acceptors (Lipinski definition) is 5. The Morgan fingerprint density at radius 1 is 1.03 bits per heavy atom. The highest BCUT2D eigenvalue weighted by Crippen LogP contribution is 2.51. The molecule has 1 heterocycles. The summed E-state index contributed by atoms with van der Waals surface area (Å²) in [5, 5.41) is 11.5. The molecule has 0 spiro atoms. The van der Waals surface area contributed by atoms with E-state index in [9.17, 15) is 19.7 Å². The molecule has 0 radical (unpaired) electrons. The van der Waals surface area contributed by atoms with Crippen molar-refractivity contribution in [2.24, 2.45) is 23.7 Å². The standard InChI is InChI=1S/C26H26N2O5/c1-16-23-22(26(30)33-16)15-17-14-20(28(31)32)12-13-21(17)24(23)25(29)27(18-8-4-2-5-9-18)19-10-6-3-7-11-19/h2-11,15-16,20-24H,12-14H2,1H3/t16-,20?,21-,22-,23-,24+/m1/s1. The van der Waals surface area contributed by atoms with Gasteiger partial charge >= 0.3 is 5.97 Å². The largest absolute Gasteiger partial charge is 0.462 e. The summed E-state index contributed by atoms with van der Waals surface area (Å²) in [6, 6.07) is 18.3. The Morgan fingerprint density at radius 3 is 2.21 bits per heavy atom. The van der Waals surface area contributed by atoms with Gasteiger partial charge in [0.15, 0.2) is 0 Å². The molecule has 1 aliphatic heterocycles. The summed E-state index contributed by atoms with van der Waals surface area (Å²) >= 11 is 0. The number of amides is 1. The third-order valence-corrected chi connectivity index (χ3v) is 7.36. The highest BCUT2D eigenvalue weighted by Gasteiger charge is 2.56. The maximum atomic E-state index is 14.4. The smallest absolute Gasteiger partial charge is 0.313 e. The summed E-state index contributed by atoms with van der Waals surface area (Å²) in [7, 11) is 0. The number of anilines is 2. The quantitative estimate of drug-likeness (QED) is 0.298. The fraction of sp³-hybridized carbons (Fsp3) is 0.385. The second-order valence-electron chi connectivity index (χ2n) is 9.18. The molecule has 0 bridgehead atoms. The van der Waals surface area contributed by atoms with Crippen molar-refractivity contribution in [2.75, 3.05) is 4.90 Å². The first-order valence-electron chi connectivity index (χ1n) is 11.4. The van der Waals surface area contributed by atoms with Crippen LogP contribution in [-0.2, 0) is 14.3 Å². The molecular formula is C26H26N2O5. The van der Waals surface area contributed by atoms with Gasteiger partial charge in [-0.2, -0.15) is 0 Å². The van der Waals surface area contributed by atoms with Crippen LogP contribution in [0.5, 0.6) is 0 Å². The predicted octanol–water partition coefficient (Wildman–Crippen LogP) is 4.53. The van der Waals surface area contributed by atoms with Crippen molar-refractivity contribution < 1.29 is 19.2 Å². The molecule has 2 aromatic carbocycles. The first kappa shape index (κ1) is 21.4. The van der Waals surface area contributed by atoms with Crippen molar-refractivity contribution in [2.45, 2.75) is 38.3 Å². The number of nitrogens with zero attached hydrogens (tertiary/aromatic N) is 2. The molecule has 1 unspecified atom stereocenters. The zero-order chi connectivity index (χ0) is 23.1. The second-order valence-corrected chi connectivity index (χ2v) is 9.18. The van der Waals surface area contributed by atoms with Gasteiger partial charge in [0.2, 0.25) is 11.9 Å². The summed E-state index contributed by atoms with van der Waals surface area (Å²) in [5.41, 5.74) is 2.35. The Hall–Kier alpha value is -3.48. The molecule has 7 heteroatoms. The minimum atomic E-state index is -0.672. The monoisotopic (exact) mass is 446 g/mol. The molecule has 2 aliphatic carbocycles. The van der Waals surface area contributed by atoms with Crippen LogP contribution in [0.25, 0.3) is 0 Å². The van der Waals surface area contributed by atoms with Crippen molar-refractivity contribution in [1.82, 2.24) is 0 Å². The molecule has 3 aliphatic rings. The van der Waals surface area contributed by atoms with Gasteiger partial charge in [-0.3, -0.25) is 24.6 Å². The SMILES string of the molecule is C[C@H]1OC(=O)[C@@H]2C=C3CC([N+](=O)[O-])CC[C@H]3[C@H](C(=O)N(c3ccccc3)c3ccccc3)[C@H]12. The van der Waals surface area contributed by atoms with Gasteiger partial charge in [0.05, 0.1) is 11.8 Å². The fourth-order valence-corrected chi connectivity index (χ4v) is 5.89. The van der Waals surface area contributed by atoms with E-state index in [0.717, 1.165) is 16.9 Å². The number of cyclic esters (lactones) is 1. The van der Waals surface area contributed by atoms with Crippen molar-refractivity contribution in [3.05, 3.63) is 82.4 Å². The van der Waals surface area contributed by atoms with Crippen LogP contribution in [0, 0.1) is 33.8 Å². The lowest BCUT2D eigenvalue weighted by molar-refractivity contribution is -0.524. The van der Waals surface area contributed by atoms with Crippen molar-refractivity contribution in [3.8, 4) is 0 Å². The molecule has 6 atom stereocenters. The molecule has 7 nitrogen and oxygen atoms in total. The van der Waals surface area contributed by atoms with Gasteiger partial charge in [-0.05, 0) is 43.5 Å². The van der Waals surface area contributed by atoms with E-state index >= 15 is 0 Å². The van der Waals surface area contributed by atoms with Gasteiger partial charge in [0.25, 0.3) is 0 Å². The van der Waals surface area contributed by atoms with Gasteiger partial charge in [-0.25, -0.2) is 0 Å². The van der Waals surface area contributed by atoms with E-state index in [1.165, 1.54) is 0 Å². The number of fused-ring (bicyclic) bond motifs is 2. The molecule has 1 saturated carbocycles. The fourth-order valence-electron chi connectivity index (χ4n) is 5.89. The molecule has 0 N–H and O–H groups in total. The van der Waals surface area contributed by atoms with Gasteiger partial charge < -0.3 is 4.74 Å². The minimum absolute atomic E-state index is 0.0947. The van der Waals surface area contributed by atoms with Gasteiger partial charge in [0.1, 0.15) is 6.10 Å². The number of hydrogen-bond donors (Lipinski definition) is 0. The van der Waals surface area contributed by atoms with E-state index in [0.29, 0.717) is 12.8 Å². The molecule has 170 valence electrons. The van der Waals surface area contributed by atoms with Crippen molar-refractivity contribution in [3.63, 3.8) is 0 Å². The van der Waals surface area contributed by atoms with Crippen LogP contribution in [0.2, 0.25) is 0 Å². The third-order valence-electron chi connectivity index (χ3n) is 7.36. The van der Waals surface area contributed by atoms with E-state index in [1.807, 2.05) is 73.7 Å². The van der Waals surface area contributed by atoms with Gasteiger partial charge in [-0.1, -0.05) is 48.0 Å². The number of benzene rings is 2. The maximum Gasteiger partial charge on any atom is 0.313 e. The summed E-state index contributed by atoms with van der Waals surface area (Å²) in [4.78, 5) is 40.0. The van der Waals surface area contributed by atoms with E-state index in [2.05, 4.69) is 0 Å². The number of esters is 1. The molecule has 1 saturated heterocycles. The number of para-hydroxylation sites is 2. The number of ether oxygens (including phenoxy) is 1. The van der Waals surface area contributed by atoms with Crippen LogP contribution in [-0.4, -0.2) is 28.9 Å². The Labute approximate surface area is 192 Å². The van der Waals surface area contributed by atoms with Crippen molar-refractivity contribution in [1.29, 1.82) is 0 Å². The molecule has 33 heavy (non-hydrogen) atoms. The average molecular weight is 447 g/mol. The van der Waals surface area contributed by atoms with Crippen LogP contribution >= 0.6 is 0 Å². The van der Waals surface area contributed by atoms with E-state index in [-0.39, 0.29) is 35.1 Å². The summed E-state index contributed by atoms with van der Waals surface area (Å²) in [6.45, 7) is 1.85. The number of carbonyl (C=O) groups is 2. The highest BCUT2D eigenvalue weighted by atomic mass is 16.6. The molecule has 0 aromatic heterocycles. The zero-order valence-electron chi connectivity index (χ0n) is 18.4. The normalized spacial score (nSPS) is 30.5. The first-order chi connectivity index (χ1) is 16.0. The third kappa shape index (κ3) is 3.71. The summed E-state index contributed by atoms with van der Waals surface area (Å²) in [6.07, 6.45) is 2.74. The summed E-state index contributed by atoms with van der Waals surface area (Å²) in [5.74, 6) is -1.90. The zero-order valence-corrected chi connectivity index (χ0v) is 18.4. The predicted molar refractivity (Wildman–Crippen MR) is 122 cm³/mol. The minimum Gasteiger partial charge on any atom is -0.462 e.